The molecule has 13 nitrogen and oxygen atoms in total. The SMILES string of the molecule is CCC(C)(CC(O)COC1CCC(COC(CN)C(C)(C)C(C)(CC)OCC2CCC(OCC(O)CC(C)(CC)OCC3CCC(OCC4CO4)CC3)CC2)CC1)OCC1CCC(OCC2CO2)CC1. The Kier molecular flexibility index (Phi) is 24.0. The average Bonchev–Trinajstić information content (AvgIpc) is 4.33. The van der Waals surface area contributed by atoms with Gasteiger partial charge in [-0.15, -0.1) is 0 Å². The van der Waals surface area contributed by atoms with Gasteiger partial charge in [-0.3, -0.25) is 0 Å². The molecule has 4 N–H and O–H groups in total. The quantitative estimate of drug-likeness (QED) is 0.0523. The Bertz CT molecular complexity index is 1420. The lowest BCUT2D eigenvalue weighted by atomic mass is 9.70. The fourth-order valence-corrected chi connectivity index (χ4v) is 11.7. The lowest BCUT2D eigenvalue weighted by Crippen LogP contribution is -2.55. The van der Waals surface area contributed by atoms with Gasteiger partial charge in [-0.25, -0.2) is 0 Å². The molecule has 6 fully saturated rings. The van der Waals surface area contributed by atoms with Gasteiger partial charge in [0.05, 0.1) is 119 Å². The number of nitrogens with two attached hydrogens (primary N) is 1. The Hall–Kier alpha value is -0.520. The standard InChI is InChI=1S/C57H105NO12/c1-9-55(6,68-32-42-14-24-49(25-15-42)63-37-51-39-65-51)28-45(59)35-61-47-20-12-41(13-21-47)31-67-53(30-58)54(4,5)57(8,11-3)70-34-44-18-22-48(23-19-44)62-36-46(60)29-56(7,10-2)69-33-43-16-26-50(27-17-43)64-38-52-40-66-52/h41-53,59-60H,9-40,58H2,1-8H3. The molecule has 0 bridgehead atoms. The fraction of sp³-hybridized carbons (Fsp3) is 1.00. The van der Waals surface area contributed by atoms with Crippen molar-refractivity contribution >= 4 is 0 Å². The van der Waals surface area contributed by atoms with E-state index in [0.717, 1.165) is 162 Å². The first-order valence-electron chi connectivity index (χ1n) is 28.8. The molecule has 4 aliphatic carbocycles. The molecule has 6 aliphatic rings. The van der Waals surface area contributed by atoms with Crippen LogP contribution in [0.5, 0.6) is 0 Å². The maximum atomic E-state index is 11.1. The van der Waals surface area contributed by atoms with E-state index in [9.17, 15) is 10.2 Å². The maximum absolute atomic E-state index is 11.1. The van der Waals surface area contributed by atoms with Gasteiger partial charge in [-0.2, -0.15) is 0 Å². The lowest BCUT2D eigenvalue weighted by molar-refractivity contribution is -0.178. The van der Waals surface area contributed by atoms with Crippen molar-refractivity contribution in [2.45, 2.75) is 262 Å². The smallest absolute Gasteiger partial charge is 0.104 e. The van der Waals surface area contributed by atoms with Crippen molar-refractivity contribution in [1.82, 2.24) is 0 Å². The Balaban J connectivity index is 0.812. The molecule has 2 aliphatic heterocycles. The van der Waals surface area contributed by atoms with E-state index in [4.69, 9.17) is 53.1 Å². The zero-order valence-corrected chi connectivity index (χ0v) is 45.7. The lowest BCUT2D eigenvalue weighted by Gasteiger charge is -2.48. The van der Waals surface area contributed by atoms with E-state index in [1.165, 1.54) is 0 Å². The summed E-state index contributed by atoms with van der Waals surface area (Å²) in [5.74, 6) is 2.05. The molecule has 4 saturated carbocycles. The predicted molar refractivity (Wildman–Crippen MR) is 274 cm³/mol. The number of aliphatic hydroxyl groups is 2. The minimum atomic E-state index is -0.551. The first kappa shape index (κ1) is 58.7. The monoisotopic (exact) mass is 996 g/mol. The molecule has 0 aromatic carbocycles. The third kappa shape index (κ3) is 19.2. The molecule has 13 heteroatoms. The number of hydrogen-bond donors (Lipinski definition) is 3. The van der Waals surface area contributed by atoms with E-state index in [2.05, 4.69) is 55.4 Å². The number of rotatable bonds is 34. The maximum Gasteiger partial charge on any atom is 0.104 e. The van der Waals surface area contributed by atoms with Gasteiger partial charge in [-0.05, 0) is 166 Å². The van der Waals surface area contributed by atoms with Crippen LogP contribution in [0.4, 0.5) is 0 Å². The second kappa shape index (κ2) is 28.6. The first-order valence-corrected chi connectivity index (χ1v) is 28.8. The highest BCUT2D eigenvalue weighted by atomic mass is 16.6. The highest BCUT2D eigenvalue weighted by molar-refractivity contribution is 4.97. The zero-order valence-electron chi connectivity index (χ0n) is 45.7. The number of ether oxygens (including phenoxy) is 10. The van der Waals surface area contributed by atoms with E-state index in [0.29, 0.717) is 93.9 Å². The summed E-state index contributed by atoms with van der Waals surface area (Å²) in [6.45, 7) is 24.8. The molecule has 0 spiro atoms. The van der Waals surface area contributed by atoms with Crippen LogP contribution in [0.15, 0.2) is 0 Å². The van der Waals surface area contributed by atoms with E-state index in [1.54, 1.807) is 0 Å². The van der Waals surface area contributed by atoms with E-state index >= 15 is 0 Å². The second-order valence-corrected chi connectivity index (χ2v) is 24.4. The second-order valence-electron chi connectivity index (χ2n) is 24.4. The highest BCUT2D eigenvalue weighted by Crippen LogP contribution is 2.43. The average molecular weight is 996 g/mol. The number of epoxide rings is 2. The molecule has 70 heavy (non-hydrogen) atoms. The predicted octanol–water partition coefficient (Wildman–Crippen LogP) is 9.51. The number of aliphatic hydroxyl groups excluding tert-OH is 2. The van der Waals surface area contributed by atoms with Crippen LogP contribution in [-0.4, -0.2) is 155 Å². The van der Waals surface area contributed by atoms with Crippen molar-refractivity contribution in [3.8, 4) is 0 Å². The molecule has 0 aromatic heterocycles. The third-order valence-corrected chi connectivity index (χ3v) is 18.5. The molecule has 6 rings (SSSR count). The molecule has 8 unspecified atom stereocenters. The Labute approximate surface area is 425 Å². The van der Waals surface area contributed by atoms with Crippen molar-refractivity contribution in [2.75, 3.05) is 72.6 Å². The van der Waals surface area contributed by atoms with Gasteiger partial charge in [0.25, 0.3) is 0 Å². The summed E-state index contributed by atoms with van der Waals surface area (Å²) < 4.78 is 62.0. The Morgan fingerprint density at radius 2 is 0.814 bits per heavy atom. The summed E-state index contributed by atoms with van der Waals surface area (Å²) in [6.07, 6.45) is 21.3. The van der Waals surface area contributed by atoms with Gasteiger partial charge < -0.3 is 63.3 Å². The summed E-state index contributed by atoms with van der Waals surface area (Å²) >= 11 is 0. The Morgan fingerprint density at radius 1 is 0.471 bits per heavy atom. The summed E-state index contributed by atoms with van der Waals surface area (Å²) in [5, 5.41) is 22.2. The fourth-order valence-electron chi connectivity index (χ4n) is 11.7. The molecule has 8 atom stereocenters. The molecular formula is C57H105NO12. The van der Waals surface area contributed by atoms with Crippen molar-refractivity contribution in [3.05, 3.63) is 0 Å². The van der Waals surface area contributed by atoms with Crippen LogP contribution in [-0.2, 0) is 47.4 Å². The van der Waals surface area contributed by atoms with Crippen molar-refractivity contribution in [2.24, 2.45) is 34.8 Å². The number of hydrogen-bond acceptors (Lipinski definition) is 13. The minimum absolute atomic E-state index is 0.128. The first-order chi connectivity index (χ1) is 33.5. The van der Waals surface area contributed by atoms with Crippen LogP contribution in [0.2, 0.25) is 0 Å². The van der Waals surface area contributed by atoms with Gasteiger partial charge in [0.15, 0.2) is 0 Å². The molecule has 2 heterocycles. The van der Waals surface area contributed by atoms with Crippen LogP contribution in [0.1, 0.15) is 190 Å². The Morgan fingerprint density at radius 3 is 1.14 bits per heavy atom. The van der Waals surface area contributed by atoms with Crippen LogP contribution in [0.3, 0.4) is 0 Å². The van der Waals surface area contributed by atoms with Gasteiger partial charge in [0.2, 0.25) is 0 Å². The zero-order chi connectivity index (χ0) is 50.2. The van der Waals surface area contributed by atoms with Crippen molar-refractivity contribution in [3.63, 3.8) is 0 Å². The minimum Gasteiger partial charge on any atom is -0.391 e. The van der Waals surface area contributed by atoms with Crippen molar-refractivity contribution in [1.29, 1.82) is 0 Å². The van der Waals surface area contributed by atoms with E-state index < -0.39 is 17.8 Å². The van der Waals surface area contributed by atoms with Crippen LogP contribution >= 0.6 is 0 Å². The van der Waals surface area contributed by atoms with Crippen LogP contribution < -0.4 is 5.73 Å². The van der Waals surface area contributed by atoms with Gasteiger partial charge >= 0.3 is 0 Å². The molecule has 0 amide bonds. The molecule has 0 aromatic rings. The molecular weight excluding hydrogens is 891 g/mol. The largest absolute Gasteiger partial charge is 0.391 e. The molecule has 410 valence electrons. The molecule has 0 radical (unpaired) electrons. The van der Waals surface area contributed by atoms with Gasteiger partial charge in [0.1, 0.15) is 12.2 Å². The summed E-state index contributed by atoms with van der Waals surface area (Å²) in [7, 11) is 0. The van der Waals surface area contributed by atoms with E-state index in [1.807, 2.05) is 0 Å². The summed E-state index contributed by atoms with van der Waals surface area (Å²) in [5.41, 5.74) is 5.06. The van der Waals surface area contributed by atoms with E-state index in [-0.39, 0.29) is 34.9 Å². The van der Waals surface area contributed by atoms with Gasteiger partial charge in [0, 0.05) is 31.4 Å². The van der Waals surface area contributed by atoms with Crippen molar-refractivity contribution < 1.29 is 57.6 Å². The van der Waals surface area contributed by atoms with Gasteiger partial charge in [-0.1, -0.05) is 34.6 Å². The van der Waals surface area contributed by atoms with Crippen LogP contribution in [0.25, 0.3) is 0 Å². The summed E-state index contributed by atoms with van der Waals surface area (Å²) in [4.78, 5) is 0. The third-order valence-electron chi connectivity index (χ3n) is 18.5. The topological polar surface area (TPSA) is 165 Å². The normalized spacial score (nSPS) is 33.6. The van der Waals surface area contributed by atoms with Crippen LogP contribution in [0, 0.1) is 29.1 Å². The highest BCUT2D eigenvalue weighted by Gasteiger charge is 2.47. The molecule has 2 saturated heterocycles. The summed E-state index contributed by atoms with van der Waals surface area (Å²) in [6, 6.07) is 0.